The van der Waals surface area contributed by atoms with Crippen molar-refractivity contribution < 1.29 is 0 Å². The molecular formula is C12H12N4S. The van der Waals surface area contributed by atoms with Gasteiger partial charge in [-0.2, -0.15) is 0 Å². The number of aromatic amines is 1. The van der Waals surface area contributed by atoms with Gasteiger partial charge in [-0.3, -0.25) is 4.40 Å². The molecule has 5 heteroatoms. The zero-order chi connectivity index (χ0) is 11.8. The second-order valence-corrected chi connectivity index (χ2v) is 4.95. The van der Waals surface area contributed by atoms with Gasteiger partial charge in [0, 0.05) is 5.75 Å². The summed E-state index contributed by atoms with van der Waals surface area (Å²) >= 11 is 1.67. The summed E-state index contributed by atoms with van der Waals surface area (Å²) in [6.45, 7) is 5.92. The number of thioether (sulfide) groups is 1. The maximum Gasteiger partial charge on any atom is 0.231 e. The molecule has 0 saturated heterocycles. The van der Waals surface area contributed by atoms with Crippen LogP contribution in [0.5, 0.6) is 0 Å². The Balaban J connectivity index is 2.15. The Hall–Kier alpha value is -1.75. The largest absolute Gasteiger partial charge is 0.254 e. The third-order valence-electron chi connectivity index (χ3n) is 2.45. The zero-order valence-corrected chi connectivity index (χ0v) is 10.3. The average molecular weight is 244 g/mol. The fourth-order valence-electron chi connectivity index (χ4n) is 1.73. The third-order valence-corrected chi connectivity index (χ3v) is 3.62. The van der Waals surface area contributed by atoms with Crippen LogP contribution in [0.1, 0.15) is 6.92 Å². The molecule has 4 nitrogen and oxygen atoms in total. The van der Waals surface area contributed by atoms with Crippen LogP contribution in [0.25, 0.3) is 16.8 Å². The highest BCUT2D eigenvalue weighted by Gasteiger charge is 2.11. The van der Waals surface area contributed by atoms with Gasteiger partial charge in [-0.05, 0) is 19.1 Å². The first-order valence-corrected chi connectivity index (χ1v) is 6.33. The highest BCUT2D eigenvalue weighted by atomic mass is 32.2. The van der Waals surface area contributed by atoms with Gasteiger partial charge in [-0.25, -0.2) is 10.1 Å². The van der Waals surface area contributed by atoms with Crippen molar-refractivity contribution in [3.05, 3.63) is 36.4 Å². The van der Waals surface area contributed by atoms with E-state index in [4.69, 9.17) is 0 Å². The molecule has 0 radical (unpaired) electrons. The highest BCUT2D eigenvalue weighted by molar-refractivity contribution is 7.99. The predicted molar refractivity (Wildman–Crippen MR) is 70.4 cm³/mol. The van der Waals surface area contributed by atoms with E-state index in [0.717, 1.165) is 33.3 Å². The van der Waals surface area contributed by atoms with Gasteiger partial charge < -0.3 is 0 Å². The van der Waals surface area contributed by atoms with Crippen molar-refractivity contribution in [3.8, 4) is 0 Å². The SMILES string of the molecule is C=C(C)CSc1n[nH]c2nc3ccccc3n12. The molecule has 0 spiro atoms. The number of hydrogen-bond donors (Lipinski definition) is 1. The lowest BCUT2D eigenvalue weighted by atomic mass is 10.3. The number of H-pyrrole nitrogens is 1. The molecule has 0 aliphatic rings. The first-order valence-electron chi connectivity index (χ1n) is 5.34. The fourth-order valence-corrected chi connectivity index (χ4v) is 2.53. The molecule has 3 aromatic rings. The van der Waals surface area contributed by atoms with Gasteiger partial charge >= 0.3 is 0 Å². The Morgan fingerprint density at radius 3 is 3.12 bits per heavy atom. The van der Waals surface area contributed by atoms with Gasteiger partial charge in [0.2, 0.25) is 5.78 Å². The molecule has 2 aromatic heterocycles. The van der Waals surface area contributed by atoms with Crippen molar-refractivity contribution in [1.82, 2.24) is 19.6 Å². The highest BCUT2D eigenvalue weighted by Crippen LogP contribution is 2.23. The molecule has 17 heavy (non-hydrogen) atoms. The number of nitrogens with zero attached hydrogens (tertiary/aromatic N) is 3. The van der Waals surface area contributed by atoms with Crippen LogP contribution >= 0.6 is 11.8 Å². The summed E-state index contributed by atoms with van der Waals surface area (Å²) in [7, 11) is 0. The lowest BCUT2D eigenvalue weighted by Crippen LogP contribution is -1.87. The third kappa shape index (κ3) is 1.72. The monoisotopic (exact) mass is 244 g/mol. The van der Waals surface area contributed by atoms with E-state index in [0.29, 0.717) is 0 Å². The number of para-hydroxylation sites is 2. The second kappa shape index (κ2) is 3.92. The van der Waals surface area contributed by atoms with Crippen molar-refractivity contribution >= 4 is 28.6 Å². The summed E-state index contributed by atoms with van der Waals surface area (Å²) in [5, 5.41) is 8.15. The summed E-state index contributed by atoms with van der Waals surface area (Å²) in [5.41, 5.74) is 3.20. The standard InChI is InChI=1S/C12H12N4S/c1-8(2)7-17-12-15-14-11-13-9-5-3-4-6-10(9)16(11)12/h3-6H,1,7H2,2H3,(H,13,14). The predicted octanol–water partition coefficient (Wildman–Crippen LogP) is 2.88. The topological polar surface area (TPSA) is 46.0 Å². The molecule has 2 heterocycles. The van der Waals surface area contributed by atoms with Crippen molar-refractivity contribution in [2.24, 2.45) is 0 Å². The maximum atomic E-state index is 4.47. The van der Waals surface area contributed by atoms with Crippen LogP contribution in [0, 0.1) is 0 Å². The first-order chi connectivity index (χ1) is 8.25. The van der Waals surface area contributed by atoms with Gasteiger partial charge in [-0.1, -0.05) is 36.0 Å². The minimum atomic E-state index is 0.787. The minimum absolute atomic E-state index is 0.787. The van der Waals surface area contributed by atoms with Gasteiger partial charge in [0.25, 0.3) is 0 Å². The van der Waals surface area contributed by atoms with E-state index in [9.17, 15) is 0 Å². The maximum absolute atomic E-state index is 4.47. The minimum Gasteiger partial charge on any atom is -0.254 e. The molecule has 1 aromatic carbocycles. The Morgan fingerprint density at radius 2 is 2.29 bits per heavy atom. The molecule has 86 valence electrons. The number of imidazole rings is 1. The quantitative estimate of drug-likeness (QED) is 0.569. The van der Waals surface area contributed by atoms with Crippen molar-refractivity contribution in [2.75, 3.05) is 5.75 Å². The molecule has 0 fully saturated rings. The zero-order valence-electron chi connectivity index (χ0n) is 9.47. The van der Waals surface area contributed by atoms with Crippen molar-refractivity contribution in [1.29, 1.82) is 0 Å². The normalized spacial score (nSPS) is 11.4. The molecular weight excluding hydrogens is 232 g/mol. The van der Waals surface area contributed by atoms with Crippen LogP contribution in [0.4, 0.5) is 0 Å². The van der Waals surface area contributed by atoms with E-state index in [-0.39, 0.29) is 0 Å². The molecule has 0 aliphatic carbocycles. The van der Waals surface area contributed by atoms with Gasteiger partial charge in [0.15, 0.2) is 5.16 Å². The van der Waals surface area contributed by atoms with Crippen LogP contribution in [0.15, 0.2) is 41.6 Å². The van der Waals surface area contributed by atoms with Crippen molar-refractivity contribution in [3.63, 3.8) is 0 Å². The summed E-state index contributed by atoms with van der Waals surface area (Å²) in [6, 6.07) is 8.05. The molecule has 3 rings (SSSR count). The molecule has 0 unspecified atom stereocenters. The van der Waals surface area contributed by atoms with E-state index in [1.165, 1.54) is 0 Å². The van der Waals surface area contributed by atoms with Crippen molar-refractivity contribution in [2.45, 2.75) is 12.1 Å². The molecule has 1 N–H and O–H groups in total. The summed E-state index contributed by atoms with van der Waals surface area (Å²) in [4.78, 5) is 4.47. The molecule has 0 saturated carbocycles. The smallest absolute Gasteiger partial charge is 0.231 e. The number of fused-ring (bicyclic) bond motifs is 3. The van der Waals surface area contributed by atoms with E-state index < -0.39 is 0 Å². The molecule has 0 bridgehead atoms. The van der Waals surface area contributed by atoms with Gasteiger partial charge in [-0.15, -0.1) is 5.10 Å². The average Bonchev–Trinajstić information content (AvgIpc) is 2.84. The Labute approximate surface area is 103 Å². The van der Waals surface area contributed by atoms with Crippen LogP contribution in [0.3, 0.4) is 0 Å². The van der Waals surface area contributed by atoms with E-state index >= 15 is 0 Å². The number of rotatable bonds is 3. The summed E-state index contributed by atoms with van der Waals surface area (Å²) in [6.07, 6.45) is 0. The Morgan fingerprint density at radius 1 is 1.47 bits per heavy atom. The lowest BCUT2D eigenvalue weighted by molar-refractivity contribution is 0.942. The number of nitrogens with one attached hydrogen (secondary N) is 1. The van der Waals surface area contributed by atoms with Crippen LogP contribution < -0.4 is 0 Å². The Bertz CT molecular complexity index is 695. The number of hydrogen-bond acceptors (Lipinski definition) is 3. The van der Waals surface area contributed by atoms with Crippen LogP contribution in [0.2, 0.25) is 0 Å². The van der Waals surface area contributed by atoms with E-state index in [2.05, 4.69) is 27.8 Å². The number of aromatic nitrogens is 4. The van der Waals surface area contributed by atoms with Crippen LogP contribution in [-0.2, 0) is 0 Å². The summed E-state index contributed by atoms with van der Waals surface area (Å²) in [5.74, 6) is 1.65. The Kier molecular flexibility index (Phi) is 2.40. The lowest BCUT2D eigenvalue weighted by Gasteiger charge is -1.98. The van der Waals surface area contributed by atoms with Gasteiger partial charge in [0.1, 0.15) is 0 Å². The second-order valence-electron chi connectivity index (χ2n) is 4.01. The van der Waals surface area contributed by atoms with E-state index in [1.54, 1.807) is 11.8 Å². The van der Waals surface area contributed by atoms with Gasteiger partial charge in [0.05, 0.1) is 11.0 Å². The molecule has 0 aliphatic heterocycles. The molecule has 0 atom stereocenters. The number of benzene rings is 1. The van der Waals surface area contributed by atoms with Crippen LogP contribution in [-0.4, -0.2) is 25.3 Å². The fraction of sp³-hybridized carbons (Fsp3) is 0.167. The first kappa shape index (κ1) is 10.4. The summed E-state index contributed by atoms with van der Waals surface area (Å²) < 4.78 is 2.04. The molecule has 0 amide bonds. The van der Waals surface area contributed by atoms with E-state index in [1.807, 2.05) is 29.5 Å².